The summed E-state index contributed by atoms with van der Waals surface area (Å²) in [6.07, 6.45) is 2.66. The number of rotatable bonds is 3. The molecule has 1 radical (unpaired) electrons. The van der Waals surface area contributed by atoms with E-state index in [0.29, 0.717) is 0 Å². The number of benzene rings is 1. The quantitative estimate of drug-likeness (QED) is 0.723. The molecule has 0 aromatic heterocycles. The van der Waals surface area contributed by atoms with Gasteiger partial charge in [0.2, 0.25) is 0 Å². The van der Waals surface area contributed by atoms with Crippen LogP contribution in [0.4, 0.5) is 0 Å². The fourth-order valence-corrected chi connectivity index (χ4v) is 1.96. The lowest BCUT2D eigenvalue weighted by atomic mass is 10.2. The van der Waals surface area contributed by atoms with Crippen LogP contribution in [0.1, 0.15) is 18.4 Å². The van der Waals surface area contributed by atoms with E-state index in [-0.39, 0.29) is 0 Å². The molecule has 1 aromatic carbocycles. The van der Waals surface area contributed by atoms with E-state index in [1.807, 2.05) is 18.2 Å². The average molecular weight is 190 g/mol. The summed E-state index contributed by atoms with van der Waals surface area (Å²) >= 11 is 0. The zero-order valence-electron chi connectivity index (χ0n) is 8.62. The predicted octanol–water partition coefficient (Wildman–Crippen LogP) is 2.09. The Morgan fingerprint density at radius 2 is 2.21 bits per heavy atom. The van der Waals surface area contributed by atoms with Crippen LogP contribution in [0.15, 0.2) is 18.2 Å². The third-order valence-corrected chi connectivity index (χ3v) is 2.72. The Morgan fingerprint density at radius 1 is 1.43 bits per heavy atom. The molecule has 1 aliphatic heterocycles. The van der Waals surface area contributed by atoms with Gasteiger partial charge in [-0.3, -0.25) is 4.90 Å². The summed E-state index contributed by atoms with van der Waals surface area (Å²) in [4.78, 5) is 2.46. The van der Waals surface area contributed by atoms with E-state index in [1.165, 1.54) is 31.5 Å². The Labute approximate surface area is 85.5 Å². The molecule has 0 unspecified atom stereocenters. The highest BCUT2D eigenvalue weighted by Gasteiger charge is 2.13. The topological polar surface area (TPSA) is 12.5 Å². The lowest BCUT2D eigenvalue weighted by Gasteiger charge is -2.16. The summed E-state index contributed by atoms with van der Waals surface area (Å²) in [5.41, 5.74) is 1.25. The molecular formula is C12H16NO. The number of likely N-dealkylation sites (tertiary alicyclic amines) is 1. The maximum Gasteiger partial charge on any atom is 0.123 e. The van der Waals surface area contributed by atoms with E-state index < -0.39 is 0 Å². The number of hydrogen-bond acceptors (Lipinski definition) is 2. The highest BCUT2D eigenvalue weighted by Crippen LogP contribution is 2.20. The molecule has 0 atom stereocenters. The molecule has 1 fully saturated rings. The van der Waals surface area contributed by atoms with Crippen LogP contribution in [0.5, 0.6) is 5.75 Å². The van der Waals surface area contributed by atoms with Crippen molar-refractivity contribution in [2.75, 3.05) is 20.2 Å². The summed E-state index contributed by atoms with van der Waals surface area (Å²) in [6, 6.07) is 9.00. The Kier molecular flexibility index (Phi) is 3.04. The second-order valence-corrected chi connectivity index (χ2v) is 3.72. The van der Waals surface area contributed by atoms with Crippen LogP contribution < -0.4 is 4.74 Å². The highest BCUT2D eigenvalue weighted by atomic mass is 16.5. The van der Waals surface area contributed by atoms with E-state index in [9.17, 15) is 0 Å². The van der Waals surface area contributed by atoms with Gasteiger partial charge < -0.3 is 4.74 Å². The van der Waals surface area contributed by atoms with Crippen molar-refractivity contribution in [3.05, 3.63) is 29.8 Å². The molecular weight excluding hydrogens is 174 g/mol. The first-order valence-corrected chi connectivity index (χ1v) is 5.15. The molecule has 1 saturated heterocycles. The van der Waals surface area contributed by atoms with Crippen molar-refractivity contribution in [3.63, 3.8) is 0 Å². The molecule has 0 aliphatic carbocycles. The van der Waals surface area contributed by atoms with Crippen LogP contribution in [0.3, 0.4) is 0 Å². The molecule has 0 spiro atoms. The molecule has 75 valence electrons. The highest BCUT2D eigenvalue weighted by molar-refractivity contribution is 5.32. The number of hydrogen-bond donors (Lipinski definition) is 0. The van der Waals surface area contributed by atoms with Crippen LogP contribution in [0.2, 0.25) is 0 Å². The first kappa shape index (κ1) is 9.53. The maximum atomic E-state index is 5.31. The van der Waals surface area contributed by atoms with Crippen LogP contribution in [-0.2, 0) is 6.54 Å². The molecule has 0 saturated carbocycles. The monoisotopic (exact) mass is 190 g/mol. The Bertz CT molecular complexity index is 292. The lowest BCUT2D eigenvalue weighted by Crippen LogP contribution is -2.18. The van der Waals surface area contributed by atoms with Gasteiger partial charge in [0.25, 0.3) is 0 Å². The maximum absolute atomic E-state index is 5.31. The SMILES string of the molecule is COc1cc[c]cc1CN1CCCC1. The van der Waals surface area contributed by atoms with Crippen molar-refractivity contribution in [1.82, 2.24) is 4.90 Å². The normalized spacial score (nSPS) is 17.2. The molecule has 1 aliphatic rings. The summed E-state index contributed by atoms with van der Waals surface area (Å²) in [7, 11) is 1.73. The zero-order valence-corrected chi connectivity index (χ0v) is 8.62. The van der Waals surface area contributed by atoms with Gasteiger partial charge in [0.1, 0.15) is 5.75 Å². The van der Waals surface area contributed by atoms with Crippen LogP contribution in [-0.4, -0.2) is 25.1 Å². The number of ether oxygens (including phenoxy) is 1. The minimum absolute atomic E-state index is 0.982. The summed E-state index contributed by atoms with van der Waals surface area (Å²) in [6.45, 7) is 3.44. The molecule has 1 aromatic rings. The lowest BCUT2D eigenvalue weighted by molar-refractivity contribution is 0.321. The van der Waals surface area contributed by atoms with Crippen LogP contribution in [0.25, 0.3) is 0 Å². The van der Waals surface area contributed by atoms with E-state index in [0.717, 1.165) is 12.3 Å². The van der Waals surface area contributed by atoms with Crippen molar-refractivity contribution < 1.29 is 4.74 Å². The summed E-state index contributed by atoms with van der Waals surface area (Å²) in [5.74, 6) is 0.982. The van der Waals surface area contributed by atoms with Gasteiger partial charge in [0, 0.05) is 12.1 Å². The van der Waals surface area contributed by atoms with E-state index in [1.54, 1.807) is 7.11 Å². The first-order chi connectivity index (χ1) is 6.90. The van der Waals surface area contributed by atoms with Gasteiger partial charge in [0.05, 0.1) is 7.11 Å². The average Bonchev–Trinajstić information content (AvgIpc) is 2.71. The van der Waals surface area contributed by atoms with Crippen molar-refractivity contribution in [1.29, 1.82) is 0 Å². The zero-order chi connectivity index (χ0) is 9.80. The first-order valence-electron chi connectivity index (χ1n) is 5.15. The van der Waals surface area contributed by atoms with Crippen molar-refractivity contribution >= 4 is 0 Å². The van der Waals surface area contributed by atoms with Gasteiger partial charge in [-0.25, -0.2) is 0 Å². The van der Waals surface area contributed by atoms with Gasteiger partial charge in [-0.1, -0.05) is 6.07 Å². The predicted molar refractivity (Wildman–Crippen MR) is 56.3 cm³/mol. The van der Waals surface area contributed by atoms with Crippen molar-refractivity contribution in [2.24, 2.45) is 0 Å². The molecule has 0 amide bonds. The van der Waals surface area contributed by atoms with Gasteiger partial charge in [-0.05, 0) is 44.1 Å². The third kappa shape index (κ3) is 2.07. The fourth-order valence-electron chi connectivity index (χ4n) is 1.96. The summed E-state index contributed by atoms with van der Waals surface area (Å²) < 4.78 is 5.31. The molecule has 2 nitrogen and oxygen atoms in total. The number of nitrogens with zero attached hydrogens (tertiary/aromatic N) is 1. The van der Waals surface area contributed by atoms with Crippen molar-refractivity contribution in [2.45, 2.75) is 19.4 Å². The molecule has 2 rings (SSSR count). The van der Waals surface area contributed by atoms with Gasteiger partial charge >= 0.3 is 0 Å². The molecule has 0 N–H and O–H groups in total. The Morgan fingerprint density at radius 3 is 2.93 bits per heavy atom. The van der Waals surface area contributed by atoms with Crippen LogP contribution in [0, 0.1) is 6.07 Å². The fraction of sp³-hybridized carbons (Fsp3) is 0.500. The number of methoxy groups -OCH3 is 1. The smallest absolute Gasteiger partial charge is 0.123 e. The minimum atomic E-state index is 0.982. The van der Waals surface area contributed by atoms with E-state index in [4.69, 9.17) is 4.74 Å². The van der Waals surface area contributed by atoms with Gasteiger partial charge in [-0.15, -0.1) is 0 Å². The molecule has 2 heteroatoms. The molecule has 0 bridgehead atoms. The van der Waals surface area contributed by atoms with E-state index >= 15 is 0 Å². The Hall–Kier alpha value is -1.02. The second-order valence-electron chi connectivity index (χ2n) is 3.72. The third-order valence-electron chi connectivity index (χ3n) is 2.72. The summed E-state index contributed by atoms with van der Waals surface area (Å²) in [5, 5.41) is 0. The van der Waals surface area contributed by atoms with Gasteiger partial charge in [0.15, 0.2) is 0 Å². The second kappa shape index (κ2) is 4.47. The largest absolute Gasteiger partial charge is 0.496 e. The standard InChI is InChI=1S/C12H16NO/c1-14-12-7-3-2-6-11(12)10-13-8-4-5-9-13/h3,6-7H,4-5,8-10H2,1H3. The van der Waals surface area contributed by atoms with Crippen LogP contribution >= 0.6 is 0 Å². The Balaban J connectivity index is 2.07. The van der Waals surface area contributed by atoms with Crippen molar-refractivity contribution in [3.8, 4) is 5.75 Å². The molecule has 14 heavy (non-hydrogen) atoms. The molecule has 1 heterocycles. The van der Waals surface area contributed by atoms with Gasteiger partial charge in [-0.2, -0.15) is 0 Å². The minimum Gasteiger partial charge on any atom is -0.496 e. The van der Waals surface area contributed by atoms with E-state index in [2.05, 4.69) is 11.0 Å².